The van der Waals surface area contributed by atoms with Crippen molar-refractivity contribution in [3.63, 3.8) is 0 Å². The van der Waals surface area contributed by atoms with E-state index in [-0.39, 0.29) is 10.9 Å². The lowest BCUT2D eigenvalue weighted by Gasteiger charge is -2.22. The number of rotatable bonds is 6. The molecule has 4 nitrogen and oxygen atoms in total. The maximum atomic E-state index is 12.4. The third-order valence-electron chi connectivity index (χ3n) is 3.70. The average Bonchev–Trinajstić information content (AvgIpc) is 2.39. The second-order valence-corrected chi connectivity index (χ2v) is 6.76. The molecule has 1 N–H and O–H groups in total. The molecule has 0 amide bonds. The molecular formula is C15H22N2O2S. The molecule has 0 saturated carbocycles. The van der Waals surface area contributed by atoms with E-state index < -0.39 is 10.0 Å². The van der Waals surface area contributed by atoms with E-state index in [9.17, 15) is 8.42 Å². The van der Waals surface area contributed by atoms with Gasteiger partial charge in [0.15, 0.2) is 0 Å². The Bertz CT molecular complexity index is 599. The van der Waals surface area contributed by atoms with Crippen LogP contribution < -0.4 is 4.72 Å². The summed E-state index contributed by atoms with van der Waals surface area (Å²) in [4.78, 5) is 0.189. The molecule has 1 unspecified atom stereocenters. The predicted molar refractivity (Wildman–Crippen MR) is 79.7 cm³/mol. The molecule has 20 heavy (non-hydrogen) atoms. The normalized spacial score (nSPS) is 13.2. The van der Waals surface area contributed by atoms with Crippen molar-refractivity contribution in [2.45, 2.75) is 51.5 Å². The smallest absolute Gasteiger partial charge is 0.208 e. The molecule has 0 radical (unpaired) electrons. The van der Waals surface area contributed by atoms with Gasteiger partial charge in [-0.2, -0.15) is 5.26 Å². The Morgan fingerprint density at radius 1 is 1.30 bits per heavy atom. The van der Waals surface area contributed by atoms with Crippen LogP contribution in [0, 0.1) is 24.2 Å². The highest BCUT2D eigenvalue weighted by Gasteiger charge is 2.23. The molecule has 1 aromatic rings. The lowest BCUT2D eigenvalue weighted by molar-refractivity contribution is 0.390. The summed E-state index contributed by atoms with van der Waals surface area (Å²) in [6, 6.07) is 6.56. The van der Waals surface area contributed by atoms with Crippen molar-refractivity contribution in [1.29, 1.82) is 5.26 Å². The summed E-state index contributed by atoms with van der Waals surface area (Å²) in [6.07, 6.45) is 1.86. The van der Waals surface area contributed by atoms with Gasteiger partial charge in [-0.3, -0.25) is 0 Å². The summed E-state index contributed by atoms with van der Waals surface area (Å²) in [7, 11) is -3.59. The van der Waals surface area contributed by atoms with E-state index in [4.69, 9.17) is 5.26 Å². The monoisotopic (exact) mass is 294 g/mol. The quantitative estimate of drug-likeness (QED) is 0.877. The van der Waals surface area contributed by atoms with Crippen molar-refractivity contribution >= 4 is 10.0 Å². The van der Waals surface area contributed by atoms with Crippen LogP contribution in [0.1, 0.15) is 44.7 Å². The first-order valence-electron chi connectivity index (χ1n) is 6.88. The minimum atomic E-state index is -3.59. The molecule has 0 aliphatic rings. The zero-order chi connectivity index (χ0) is 15.3. The van der Waals surface area contributed by atoms with Crippen LogP contribution in [0.15, 0.2) is 23.1 Å². The Kier molecular flexibility index (Phi) is 5.73. The highest BCUT2D eigenvalue weighted by molar-refractivity contribution is 7.89. The first-order valence-corrected chi connectivity index (χ1v) is 8.37. The summed E-state index contributed by atoms with van der Waals surface area (Å²) in [5.41, 5.74) is 0.999. The zero-order valence-electron chi connectivity index (χ0n) is 12.5. The van der Waals surface area contributed by atoms with E-state index in [0.717, 1.165) is 12.8 Å². The molecule has 0 heterocycles. The van der Waals surface area contributed by atoms with E-state index in [1.54, 1.807) is 19.1 Å². The van der Waals surface area contributed by atoms with Gasteiger partial charge in [-0.25, -0.2) is 13.1 Å². The van der Waals surface area contributed by atoms with Gasteiger partial charge in [0.1, 0.15) is 0 Å². The van der Waals surface area contributed by atoms with Crippen molar-refractivity contribution in [3.05, 3.63) is 29.3 Å². The summed E-state index contributed by atoms with van der Waals surface area (Å²) in [5, 5.41) is 8.90. The number of nitrogens with one attached hydrogen (secondary N) is 1. The van der Waals surface area contributed by atoms with Gasteiger partial charge in [0.05, 0.1) is 16.5 Å². The van der Waals surface area contributed by atoms with Crippen molar-refractivity contribution in [2.75, 3.05) is 0 Å². The van der Waals surface area contributed by atoms with Crippen LogP contribution in [-0.2, 0) is 10.0 Å². The van der Waals surface area contributed by atoms with E-state index in [0.29, 0.717) is 17.0 Å². The number of nitrogens with zero attached hydrogens (tertiary/aromatic N) is 1. The molecule has 0 aromatic heterocycles. The van der Waals surface area contributed by atoms with Crippen LogP contribution in [0.25, 0.3) is 0 Å². The summed E-state index contributed by atoms with van der Waals surface area (Å²) in [6.45, 7) is 7.73. The molecule has 110 valence electrons. The van der Waals surface area contributed by atoms with Gasteiger partial charge >= 0.3 is 0 Å². The Morgan fingerprint density at radius 2 is 1.90 bits per heavy atom. The number of aryl methyl sites for hydroxylation is 1. The van der Waals surface area contributed by atoms with Crippen LogP contribution in [-0.4, -0.2) is 14.5 Å². The van der Waals surface area contributed by atoms with E-state index in [1.165, 1.54) is 6.07 Å². The molecule has 1 aromatic carbocycles. The zero-order valence-corrected chi connectivity index (χ0v) is 13.3. The van der Waals surface area contributed by atoms with Crippen molar-refractivity contribution in [2.24, 2.45) is 5.92 Å². The second kappa shape index (κ2) is 6.87. The highest BCUT2D eigenvalue weighted by atomic mass is 32.2. The van der Waals surface area contributed by atoms with Gasteiger partial charge in [-0.05, 0) is 37.5 Å². The van der Waals surface area contributed by atoms with Gasteiger partial charge in [0.25, 0.3) is 0 Å². The standard InChI is InChI=1S/C15H22N2O2S/c1-5-14(6-2)12(4)17-20(18,19)15-9-13(10-16)8-7-11(15)3/h7-9,12,14,17H,5-6H2,1-4H3. The van der Waals surface area contributed by atoms with Gasteiger partial charge in [-0.1, -0.05) is 32.8 Å². The number of nitriles is 1. The SMILES string of the molecule is CCC(CC)C(C)NS(=O)(=O)c1cc(C#N)ccc1C. The Labute approximate surface area is 121 Å². The fraction of sp³-hybridized carbons (Fsp3) is 0.533. The van der Waals surface area contributed by atoms with Crippen LogP contribution in [0.2, 0.25) is 0 Å². The lowest BCUT2D eigenvalue weighted by atomic mass is 9.96. The third-order valence-corrected chi connectivity index (χ3v) is 5.40. The third kappa shape index (κ3) is 3.81. The molecule has 5 heteroatoms. The Hall–Kier alpha value is -1.38. The van der Waals surface area contributed by atoms with Crippen LogP contribution >= 0.6 is 0 Å². The molecule has 0 spiro atoms. The molecule has 0 fully saturated rings. The molecule has 0 saturated heterocycles. The lowest BCUT2D eigenvalue weighted by Crippen LogP contribution is -2.38. The summed E-state index contributed by atoms with van der Waals surface area (Å²) < 4.78 is 27.6. The number of hydrogen-bond acceptors (Lipinski definition) is 3. The maximum absolute atomic E-state index is 12.4. The first kappa shape index (κ1) is 16.7. The second-order valence-electron chi connectivity index (χ2n) is 5.08. The minimum absolute atomic E-state index is 0.125. The number of sulfonamides is 1. The van der Waals surface area contributed by atoms with Gasteiger partial charge in [-0.15, -0.1) is 0 Å². The fourth-order valence-corrected chi connectivity index (χ4v) is 3.94. The van der Waals surface area contributed by atoms with E-state index in [1.807, 2.05) is 13.0 Å². The molecule has 1 atom stereocenters. The Morgan fingerprint density at radius 3 is 2.40 bits per heavy atom. The predicted octanol–water partition coefficient (Wildman–Crippen LogP) is 2.97. The fourth-order valence-electron chi connectivity index (χ4n) is 2.36. The van der Waals surface area contributed by atoms with Gasteiger partial charge < -0.3 is 0 Å². The van der Waals surface area contributed by atoms with Crippen molar-refractivity contribution < 1.29 is 8.42 Å². The van der Waals surface area contributed by atoms with Crippen LogP contribution in [0.5, 0.6) is 0 Å². The number of benzene rings is 1. The molecular weight excluding hydrogens is 272 g/mol. The van der Waals surface area contributed by atoms with Gasteiger partial charge in [0.2, 0.25) is 10.0 Å². The number of hydrogen-bond donors (Lipinski definition) is 1. The van der Waals surface area contributed by atoms with Crippen molar-refractivity contribution in [3.8, 4) is 6.07 Å². The molecule has 0 bridgehead atoms. The molecule has 0 aliphatic carbocycles. The van der Waals surface area contributed by atoms with E-state index in [2.05, 4.69) is 18.6 Å². The largest absolute Gasteiger partial charge is 0.241 e. The average molecular weight is 294 g/mol. The maximum Gasteiger partial charge on any atom is 0.241 e. The van der Waals surface area contributed by atoms with Crippen LogP contribution in [0.4, 0.5) is 0 Å². The van der Waals surface area contributed by atoms with Crippen LogP contribution in [0.3, 0.4) is 0 Å². The minimum Gasteiger partial charge on any atom is -0.208 e. The van der Waals surface area contributed by atoms with E-state index >= 15 is 0 Å². The topological polar surface area (TPSA) is 70.0 Å². The molecule has 0 aliphatic heterocycles. The van der Waals surface area contributed by atoms with Gasteiger partial charge in [0, 0.05) is 6.04 Å². The Balaban J connectivity index is 3.09. The van der Waals surface area contributed by atoms with Crippen molar-refractivity contribution in [1.82, 2.24) is 4.72 Å². The molecule has 1 rings (SSSR count). The summed E-state index contributed by atoms with van der Waals surface area (Å²) in [5.74, 6) is 0.309. The highest BCUT2D eigenvalue weighted by Crippen LogP contribution is 2.20. The summed E-state index contributed by atoms with van der Waals surface area (Å²) >= 11 is 0. The first-order chi connectivity index (χ1) is 9.35.